The van der Waals surface area contributed by atoms with Crippen LogP contribution in [-0.4, -0.2) is 99.3 Å². The van der Waals surface area contributed by atoms with Gasteiger partial charge in [0.2, 0.25) is 0 Å². The van der Waals surface area contributed by atoms with Gasteiger partial charge in [0.1, 0.15) is 0 Å². The van der Waals surface area contributed by atoms with E-state index in [4.69, 9.17) is 46.0 Å². The van der Waals surface area contributed by atoms with Gasteiger partial charge in [-0.05, 0) is 26.2 Å². The Balaban J connectivity index is -0.000000245. The molecule has 254 valence electrons. The van der Waals surface area contributed by atoms with Gasteiger partial charge in [0.25, 0.3) is 0 Å². The highest BCUT2D eigenvalue weighted by molar-refractivity contribution is 5.94. The fraction of sp³-hybridized carbons (Fsp3) is 0.630. The fourth-order valence-electron chi connectivity index (χ4n) is 2.75. The second kappa shape index (κ2) is 28.6. The van der Waals surface area contributed by atoms with E-state index in [1.807, 2.05) is 0 Å². The average molecular weight is 641 g/mol. The molecular formula is C27H44O17. The maximum atomic E-state index is 10.3. The third-order valence-corrected chi connectivity index (χ3v) is 4.99. The number of hydrogen-bond donors (Lipinski definition) is 9. The first-order chi connectivity index (χ1) is 20.2. The molecular weight excluding hydrogens is 596 g/mol. The molecule has 0 spiro atoms. The lowest BCUT2D eigenvalue weighted by molar-refractivity contribution is -0.170. The highest BCUT2D eigenvalue weighted by Gasteiger charge is 2.40. The largest absolute Gasteiger partial charge is 0.481 e. The van der Waals surface area contributed by atoms with Gasteiger partial charge in [-0.25, -0.2) is 14.4 Å². The summed E-state index contributed by atoms with van der Waals surface area (Å²) in [4.78, 5) is 80.1. The van der Waals surface area contributed by atoms with Gasteiger partial charge in [-0.2, -0.15) is 0 Å². The monoisotopic (exact) mass is 640 g/mol. The standard InChI is InChI=1S/C10H20O2.C6H8O7.C6H10O4.C5H6O4/c1-2-3-4-5-6-7-8-9-10(11)12;7-3(8)1-6(13,5(11)12)2-4(9)10;7-5(8)3-1-2-4-6(9)10;1-3(5(8)9)2-4(6)7/h2-9H2,1H3,(H,11,12);13H,1-2H2,(H,7,8)(H,9,10)(H,11,12);1-4H2,(H,7,8)(H,9,10);2H,1H3,(H,6,7)(H,8,9)/b;;;3-2-. The summed E-state index contributed by atoms with van der Waals surface area (Å²) < 4.78 is 0. The van der Waals surface area contributed by atoms with E-state index in [2.05, 4.69) is 6.92 Å². The quantitative estimate of drug-likeness (QED) is 0.0682. The Hall–Kier alpha value is -4.54. The Kier molecular flexibility index (Phi) is 30.1. The van der Waals surface area contributed by atoms with Crippen LogP contribution < -0.4 is 0 Å². The Morgan fingerprint density at radius 3 is 1.07 bits per heavy atom. The predicted octanol–water partition coefficient (Wildman–Crippen LogP) is 2.78. The van der Waals surface area contributed by atoms with Crippen molar-refractivity contribution < 1.29 is 84.3 Å². The molecule has 0 radical (unpaired) electrons. The van der Waals surface area contributed by atoms with Crippen molar-refractivity contribution in [3.63, 3.8) is 0 Å². The first-order valence-electron chi connectivity index (χ1n) is 13.4. The Morgan fingerprint density at radius 2 is 0.841 bits per heavy atom. The molecule has 0 aliphatic heterocycles. The Morgan fingerprint density at radius 1 is 0.523 bits per heavy atom. The number of aliphatic carboxylic acids is 8. The third-order valence-electron chi connectivity index (χ3n) is 4.99. The lowest BCUT2D eigenvalue weighted by atomic mass is 9.96. The molecule has 0 atom stereocenters. The molecule has 0 saturated heterocycles. The second-order valence-electron chi connectivity index (χ2n) is 9.21. The summed E-state index contributed by atoms with van der Waals surface area (Å²) in [5.74, 6) is -9.87. The summed E-state index contributed by atoms with van der Waals surface area (Å²) in [6, 6.07) is 0. The topological polar surface area (TPSA) is 319 Å². The van der Waals surface area contributed by atoms with E-state index in [1.54, 1.807) is 0 Å². The number of unbranched alkanes of at least 4 members (excludes halogenated alkanes) is 7. The van der Waals surface area contributed by atoms with Crippen LogP contribution in [0, 0.1) is 0 Å². The number of rotatable bonds is 20. The van der Waals surface area contributed by atoms with Gasteiger partial charge in [0, 0.05) is 30.9 Å². The highest BCUT2D eigenvalue weighted by Crippen LogP contribution is 2.15. The van der Waals surface area contributed by atoms with Gasteiger partial charge in [-0.3, -0.25) is 24.0 Å². The molecule has 0 aromatic rings. The zero-order chi connectivity index (χ0) is 35.3. The van der Waals surface area contributed by atoms with Gasteiger partial charge < -0.3 is 46.0 Å². The molecule has 0 amide bonds. The Bertz CT molecular complexity index is 920. The lowest BCUT2D eigenvalue weighted by Crippen LogP contribution is -2.42. The molecule has 44 heavy (non-hydrogen) atoms. The zero-order valence-corrected chi connectivity index (χ0v) is 24.8. The Labute approximate surface area is 253 Å². The number of aliphatic hydroxyl groups is 1. The highest BCUT2D eigenvalue weighted by atomic mass is 16.4. The van der Waals surface area contributed by atoms with E-state index in [0.29, 0.717) is 25.3 Å². The van der Waals surface area contributed by atoms with E-state index in [0.717, 1.165) is 12.8 Å². The van der Waals surface area contributed by atoms with Crippen LogP contribution in [0.4, 0.5) is 0 Å². The minimum Gasteiger partial charge on any atom is -0.481 e. The first-order valence-corrected chi connectivity index (χ1v) is 13.4. The number of carboxylic acids is 8. The summed E-state index contributed by atoms with van der Waals surface area (Å²) >= 11 is 0. The predicted molar refractivity (Wildman–Crippen MR) is 150 cm³/mol. The van der Waals surface area contributed by atoms with Crippen molar-refractivity contribution in [1.29, 1.82) is 0 Å². The molecule has 0 aromatic carbocycles. The van der Waals surface area contributed by atoms with Crippen molar-refractivity contribution in [2.75, 3.05) is 0 Å². The van der Waals surface area contributed by atoms with Crippen molar-refractivity contribution in [2.45, 2.75) is 109 Å². The van der Waals surface area contributed by atoms with Crippen molar-refractivity contribution in [3.8, 4) is 0 Å². The molecule has 0 heterocycles. The van der Waals surface area contributed by atoms with E-state index in [1.165, 1.54) is 39.0 Å². The maximum Gasteiger partial charge on any atom is 0.336 e. The minimum atomic E-state index is -2.74. The van der Waals surface area contributed by atoms with Crippen LogP contribution in [0.1, 0.15) is 104 Å². The minimum absolute atomic E-state index is 0.0628. The molecule has 0 fully saturated rings. The van der Waals surface area contributed by atoms with Crippen molar-refractivity contribution in [2.24, 2.45) is 0 Å². The molecule has 0 saturated carbocycles. The van der Waals surface area contributed by atoms with E-state index in [-0.39, 0.29) is 18.4 Å². The summed E-state index contributed by atoms with van der Waals surface area (Å²) in [6.07, 6.45) is 8.01. The van der Waals surface area contributed by atoms with Crippen LogP contribution in [0.5, 0.6) is 0 Å². The second-order valence-corrected chi connectivity index (χ2v) is 9.21. The maximum absolute atomic E-state index is 10.3. The molecule has 0 aromatic heterocycles. The van der Waals surface area contributed by atoms with Crippen molar-refractivity contribution in [1.82, 2.24) is 0 Å². The third kappa shape index (κ3) is 39.6. The number of hydrogen-bond acceptors (Lipinski definition) is 9. The smallest absolute Gasteiger partial charge is 0.336 e. The van der Waals surface area contributed by atoms with Crippen molar-refractivity contribution in [3.05, 3.63) is 11.6 Å². The van der Waals surface area contributed by atoms with Crippen LogP contribution >= 0.6 is 0 Å². The van der Waals surface area contributed by atoms with E-state index >= 15 is 0 Å². The van der Waals surface area contributed by atoms with Crippen LogP contribution in [0.3, 0.4) is 0 Å². The molecule has 0 rings (SSSR count). The molecule has 9 N–H and O–H groups in total. The zero-order valence-electron chi connectivity index (χ0n) is 24.8. The van der Waals surface area contributed by atoms with Gasteiger partial charge in [0.05, 0.1) is 12.8 Å². The van der Waals surface area contributed by atoms with Crippen LogP contribution in [0.15, 0.2) is 11.6 Å². The lowest BCUT2D eigenvalue weighted by Gasteiger charge is -2.18. The SMILES string of the molecule is C/C(=C/C(=O)O)C(=O)O.CCCCCCCCCC(=O)O.O=C(O)CC(O)(CC(=O)O)C(=O)O.O=C(O)CCCCC(=O)O. The summed E-state index contributed by atoms with van der Waals surface area (Å²) in [7, 11) is 0. The molecule has 0 unspecified atom stereocenters. The number of carboxylic acid groups (broad SMARTS) is 8. The summed E-state index contributed by atoms with van der Waals surface area (Å²) in [5.41, 5.74) is -2.92. The van der Waals surface area contributed by atoms with Crippen LogP contribution in [0.2, 0.25) is 0 Å². The van der Waals surface area contributed by atoms with E-state index in [9.17, 15) is 38.4 Å². The van der Waals surface area contributed by atoms with Crippen LogP contribution in [0.25, 0.3) is 0 Å². The van der Waals surface area contributed by atoms with Gasteiger partial charge >= 0.3 is 47.8 Å². The fourth-order valence-corrected chi connectivity index (χ4v) is 2.75. The molecule has 17 nitrogen and oxygen atoms in total. The molecule has 17 heteroatoms. The molecule has 0 aliphatic carbocycles. The molecule has 0 bridgehead atoms. The van der Waals surface area contributed by atoms with E-state index < -0.39 is 66.2 Å². The van der Waals surface area contributed by atoms with Crippen molar-refractivity contribution >= 4 is 47.8 Å². The number of carbonyl (C=O) groups is 8. The normalized spacial score (nSPS) is 10.3. The van der Waals surface area contributed by atoms with Crippen LogP contribution in [-0.2, 0) is 38.4 Å². The van der Waals surface area contributed by atoms with Gasteiger partial charge in [0.15, 0.2) is 5.60 Å². The van der Waals surface area contributed by atoms with Gasteiger partial charge in [-0.15, -0.1) is 0 Å². The molecule has 0 aliphatic rings. The average Bonchev–Trinajstić information content (AvgIpc) is 2.85. The summed E-state index contributed by atoms with van der Waals surface area (Å²) in [5, 5.41) is 74.5. The first kappa shape index (κ1) is 46.4. The summed E-state index contributed by atoms with van der Waals surface area (Å²) in [6.45, 7) is 3.42. The van der Waals surface area contributed by atoms with Gasteiger partial charge in [-0.1, -0.05) is 45.4 Å².